The van der Waals surface area contributed by atoms with Crippen LogP contribution in [-0.2, 0) is 20.8 Å². The van der Waals surface area contributed by atoms with E-state index in [-0.39, 0.29) is 19.3 Å². The smallest absolute Gasteiger partial charge is 0.357 e. The summed E-state index contributed by atoms with van der Waals surface area (Å²) in [5, 5.41) is 19.5. The SMILES string of the molecule is O=C1CCC(=O)N1C(O)(CCCCc1ccc[nH]1)C(=O)O. The molecule has 2 rings (SSSR count). The van der Waals surface area contributed by atoms with Crippen molar-refractivity contribution in [2.24, 2.45) is 0 Å². The van der Waals surface area contributed by atoms with E-state index in [2.05, 4.69) is 4.98 Å². The molecule has 1 aliphatic rings. The molecule has 114 valence electrons. The van der Waals surface area contributed by atoms with Crippen LogP contribution in [0, 0.1) is 0 Å². The molecule has 7 heteroatoms. The molecule has 0 spiro atoms. The first-order valence-corrected chi connectivity index (χ1v) is 6.89. The predicted octanol–water partition coefficient (Wildman–Crippen LogP) is 0.650. The number of carbonyl (C=O) groups excluding carboxylic acids is 2. The zero-order valence-corrected chi connectivity index (χ0v) is 11.5. The first-order valence-electron chi connectivity index (χ1n) is 6.89. The van der Waals surface area contributed by atoms with Crippen molar-refractivity contribution >= 4 is 17.8 Å². The summed E-state index contributed by atoms with van der Waals surface area (Å²) in [6.07, 6.45) is 3.29. The summed E-state index contributed by atoms with van der Waals surface area (Å²) in [5.74, 6) is -2.82. The van der Waals surface area contributed by atoms with Crippen molar-refractivity contribution in [3.63, 3.8) is 0 Å². The van der Waals surface area contributed by atoms with Crippen LogP contribution in [0.15, 0.2) is 18.3 Å². The van der Waals surface area contributed by atoms with E-state index in [0.29, 0.717) is 24.2 Å². The number of likely N-dealkylation sites (tertiary alicyclic amines) is 1. The van der Waals surface area contributed by atoms with Gasteiger partial charge in [0.25, 0.3) is 0 Å². The number of aliphatic carboxylic acids is 1. The Labute approximate surface area is 121 Å². The molecule has 1 fully saturated rings. The molecule has 1 atom stereocenters. The van der Waals surface area contributed by atoms with Crippen molar-refractivity contribution < 1.29 is 24.6 Å². The van der Waals surface area contributed by atoms with Gasteiger partial charge in [-0.15, -0.1) is 0 Å². The Morgan fingerprint density at radius 3 is 2.48 bits per heavy atom. The molecule has 1 unspecified atom stereocenters. The maximum atomic E-state index is 11.6. The Bertz CT molecular complexity index is 524. The second-order valence-electron chi connectivity index (χ2n) is 5.15. The predicted molar refractivity (Wildman–Crippen MR) is 72.0 cm³/mol. The molecule has 2 heterocycles. The fourth-order valence-corrected chi connectivity index (χ4v) is 2.51. The number of nitrogens with one attached hydrogen (secondary N) is 1. The van der Waals surface area contributed by atoms with Crippen molar-refractivity contribution in [1.29, 1.82) is 0 Å². The van der Waals surface area contributed by atoms with Crippen molar-refractivity contribution in [2.75, 3.05) is 0 Å². The summed E-state index contributed by atoms with van der Waals surface area (Å²) in [4.78, 5) is 38.1. The van der Waals surface area contributed by atoms with Gasteiger partial charge in [-0.05, 0) is 31.4 Å². The minimum absolute atomic E-state index is 0.0447. The van der Waals surface area contributed by atoms with Gasteiger partial charge in [-0.1, -0.05) is 0 Å². The molecule has 7 nitrogen and oxygen atoms in total. The fourth-order valence-electron chi connectivity index (χ4n) is 2.51. The molecule has 0 aliphatic carbocycles. The molecule has 1 saturated heterocycles. The van der Waals surface area contributed by atoms with Crippen LogP contribution in [0.4, 0.5) is 0 Å². The largest absolute Gasteiger partial charge is 0.478 e. The third kappa shape index (κ3) is 3.13. The van der Waals surface area contributed by atoms with Crippen LogP contribution in [-0.4, -0.2) is 43.6 Å². The van der Waals surface area contributed by atoms with Crippen molar-refractivity contribution in [2.45, 2.75) is 44.2 Å². The van der Waals surface area contributed by atoms with E-state index in [1.165, 1.54) is 0 Å². The summed E-state index contributed by atoms with van der Waals surface area (Å²) >= 11 is 0. The summed E-state index contributed by atoms with van der Waals surface area (Å²) in [5.41, 5.74) is -1.41. The summed E-state index contributed by atoms with van der Waals surface area (Å²) in [7, 11) is 0. The highest BCUT2D eigenvalue weighted by Gasteiger charge is 2.50. The lowest BCUT2D eigenvalue weighted by atomic mass is 10.0. The van der Waals surface area contributed by atoms with Crippen LogP contribution in [0.2, 0.25) is 0 Å². The highest BCUT2D eigenvalue weighted by molar-refractivity contribution is 6.05. The number of nitrogens with zero attached hydrogens (tertiary/aromatic N) is 1. The molecular weight excluding hydrogens is 276 g/mol. The van der Waals surface area contributed by atoms with E-state index < -0.39 is 23.5 Å². The van der Waals surface area contributed by atoms with Gasteiger partial charge in [-0.25, -0.2) is 9.69 Å². The fraction of sp³-hybridized carbons (Fsp3) is 0.500. The second-order valence-corrected chi connectivity index (χ2v) is 5.15. The molecule has 3 N–H and O–H groups in total. The molecule has 0 radical (unpaired) electrons. The van der Waals surface area contributed by atoms with Gasteiger partial charge in [0, 0.05) is 31.2 Å². The van der Waals surface area contributed by atoms with E-state index in [1.807, 2.05) is 12.1 Å². The molecule has 1 aromatic rings. The van der Waals surface area contributed by atoms with Crippen molar-refractivity contribution in [3.05, 3.63) is 24.0 Å². The van der Waals surface area contributed by atoms with Gasteiger partial charge in [-0.2, -0.15) is 0 Å². The van der Waals surface area contributed by atoms with Crippen LogP contribution in [0.3, 0.4) is 0 Å². The van der Waals surface area contributed by atoms with Crippen LogP contribution >= 0.6 is 0 Å². The maximum absolute atomic E-state index is 11.6. The number of unbranched alkanes of at least 4 members (excludes halogenated alkanes) is 1. The average Bonchev–Trinajstić information content (AvgIpc) is 3.05. The molecule has 0 saturated carbocycles. The highest BCUT2D eigenvalue weighted by atomic mass is 16.4. The monoisotopic (exact) mass is 294 g/mol. The molecule has 2 amide bonds. The number of aryl methyl sites for hydroxylation is 1. The second kappa shape index (κ2) is 6.09. The van der Waals surface area contributed by atoms with Crippen LogP contribution in [0.1, 0.15) is 37.8 Å². The van der Waals surface area contributed by atoms with Crippen LogP contribution in [0.5, 0.6) is 0 Å². The van der Waals surface area contributed by atoms with E-state index in [1.54, 1.807) is 6.20 Å². The van der Waals surface area contributed by atoms with E-state index >= 15 is 0 Å². The number of hydrogen-bond donors (Lipinski definition) is 3. The number of aliphatic hydroxyl groups is 1. The lowest BCUT2D eigenvalue weighted by Gasteiger charge is -2.31. The molecule has 1 aromatic heterocycles. The van der Waals surface area contributed by atoms with Crippen LogP contribution in [0.25, 0.3) is 0 Å². The number of imide groups is 1. The standard InChI is InChI=1S/C14H18N2O5/c17-11-6-7-12(18)16(11)14(21,13(19)20)8-2-1-4-10-5-3-9-15-10/h3,5,9,15,21H,1-2,4,6-8H2,(H,19,20). The number of hydrogen-bond acceptors (Lipinski definition) is 4. The summed E-state index contributed by atoms with van der Waals surface area (Å²) in [6, 6.07) is 3.78. The molecule has 0 bridgehead atoms. The van der Waals surface area contributed by atoms with Crippen LogP contribution < -0.4 is 0 Å². The highest BCUT2D eigenvalue weighted by Crippen LogP contribution is 2.27. The van der Waals surface area contributed by atoms with Crippen molar-refractivity contribution in [3.8, 4) is 0 Å². The third-order valence-corrected chi connectivity index (χ3v) is 3.65. The minimum Gasteiger partial charge on any atom is -0.478 e. The van der Waals surface area contributed by atoms with Gasteiger partial charge in [0.2, 0.25) is 17.5 Å². The summed E-state index contributed by atoms with van der Waals surface area (Å²) < 4.78 is 0. The number of carboxylic acid groups (broad SMARTS) is 1. The van der Waals surface area contributed by atoms with Gasteiger partial charge in [0.05, 0.1) is 0 Å². The lowest BCUT2D eigenvalue weighted by Crippen LogP contribution is -2.57. The molecule has 1 aliphatic heterocycles. The quantitative estimate of drug-likeness (QED) is 0.505. The zero-order valence-electron chi connectivity index (χ0n) is 11.5. The number of aromatic nitrogens is 1. The molecule has 0 aromatic carbocycles. The number of carbonyl (C=O) groups is 3. The minimum atomic E-state index is -2.43. The Kier molecular flexibility index (Phi) is 4.42. The Morgan fingerprint density at radius 1 is 1.29 bits per heavy atom. The number of aromatic amines is 1. The topological polar surface area (TPSA) is 111 Å². The molecular formula is C14H18N2O5. The zero-order chi connectivity index (χ0) is 15.5. The van der Waals surface area contributed by atoms with Gasteiger partial charge >= 0.3 is 5.97 Å². The van der Waals surface area contributed by atoms with Crippen molar-refractivity contribution in [1.82, 2.24) is 9.88 Å². The number of amides is 2. The first-order chi connectivity index (χ1) is 9.95. The normalized spacial score (nSPS) is 18.0. The van der Waals surface area contributed by atoms with Gasteiger partial charge < -0.3 is 15.2 Å². The first kappa shape index (κ1) is 15.2. The Morgan fingerprint density at radius 2 is 1.95 bits per heavy atom. The number of rotatable bonds is 7. The lowest BCUT2D eigenvalue weighted by molar-refractivity contribution is -0.190. The van der Waals surface area contributed by atoms with E-state index in [9.17, 15) is 24.6 Å². The number of H-pyrrole nitrogens is 1. The number of carboxylic acids is 1. The Balaban J connectivity index is 1.96. The molecule has 21 heavy (non-hydrogen) atoms. The summed E-state index contributed by atoms with van der Waals surface area (Å²) in [6.45, 7) is 0. The Hall–Kier alpha value is -2.15. The van der Waals surface area contributed by atoms with E-state index in [0.717, 1.165) is 5.69 Å². The van der Waals surface area contributed by atoms with Gasteiger partial charge in [0.15, 0.2) is 0 Å². The van der Waals surface area contributed by atoms with E-state index in [4.69, 9.17) is 0 Å². The third-order valence-electron chi connectivity index (χ3n) is 3.65. The van der Waals surface area contributed by atoms with Gasteiger partial charge in [-0.3, -0.25) is 9.59 Å². The van der Waals surface area contributed by atoms with Gasteiger partial charge in [0.1, 0.15) is 0 Å². The maximum Gasteiger partial charge on any atom is 0.357 e. The average molecular weight is 294 g/mol.